The van der Waals surface area contributed by atoms with Gasteiger partial charge in [-0.05, 0) is 55.6 Å². The smallest absolute Gasteiger partial charge is 0.239 e. The monoisotopic (exact) mass is 499 g/mol. The second-order valence-electron chi connectivity index (χ2n) is 8.30. The molecule has 0 amide bonds. The molecule has 0 bridgehead atoms. The van der Waals surface area contributed by atoms with Crippen LogP contribution in [0.25, 0.3) is 33.5 Å². The Labute approximate surface area is 200 Å². The minimum absolute atomic E-state index is 0.00680. The third-order valence-corrected chi connectivity index (χ3v) is 8.69. The molecule has 11 nitrogen and oxygen atoms in total. The standard InChI is InChI=1S/C21H25N9O2S2/c1-24-11-5-7-12(8-6-11)33-16-10-9-13(14-3-2-4-15-18(14)26-21(22)25-15)17(19(16)34(23,31)32)20-27-29-30-28-20/h2-4,9-12,24H,5-8H2,1H3,(H3,22,25,26)(H2,23,31,32)(H,27,28,29,30). The maximum atomic E-state index is 13.0. The number of benzene rings is 2. The second kappa shape index (κ2) is 8.98. The number of rotatable bonds is 6. The van der Waals surface area contributed by atoms with Gasteiger partial charge in [-0.3, -0.25) is 0 Å². The minimum atomic E-state index is -4.14. The fraction of sp³-hybridized carbons (Fsp3) is 0.333. The molecule has 0 radical (unpaired) electrons. The quantitative estimate of drug-likeness (QED) is 0.266. The first-order valence-electron chi connectivity index (χ1n) is 10.9. The Kier molecular flexibility index (Phi) is 6.02. The zero-order chi connectivity index (χ0) is 23.9. The third-order valence-electron chi connectivity index (χ3n) is 6.17. The number of aromatic nitrogens is 6. The second-order valence-corrected chi connectivity index (χ2v) is 11.1. The lowest BCUT2D eigenvalue weighted by Crippen LogP contribution is -2.31. The molecular weight excluding hydrogens is 474 g/mol. The van der Waals surface area contributed by atoms with Crippen LogP contribution in [0.15, 0.2) is 40.1 Å². The van der Waals surface area contributed by atoms with Gasteiger partial charge in [-0.2, -0.15) is 5.21 Å². The zero-order valence-corrected chi connectivity index (χ0v) is 20.1. The highest BCUT2D eigenvalue weighted by atomic mass is 32.2. The molecule has 5 rings (SSSR count). The largest absolute Gasteiger partial charge is 0.369 e. The van der Waals surface area contributed by atoms with Crippen LogP contribution in [0.3, 0.4) is 0 Å². The normalized spacial score (nSPS) is 19.0. The van der Waals surface area contributed by atoms with Crippen molar-refractivity contribution in [3.8, 4) is 22.5 Å². The predicted octanol–water partition coefficient (Wildman–Crippen LogP) is 2.26. The maximum absolute atomic E-state index is 13.0. The number of primary sulfonamides is 1. The SMILES string of the molecule is CNC1CCC(Sc2ccc(-c3cccc4[nH]c(N)nc34)c(-c3nn[nH]n3)c2S(N)(=O)=O)CC1. The summed E-state index contributed by atoms with van der Waals surface area (Å²) in [6, 6.07) is 9.70. The summed E-state index contributed by atoms with van der Waals surface area (Å²) < 4.78 is 26.0. The summed E-state index contributed by atoms with van der Waals surface area (Å²) in [6.07, 6.45) is 4.03. The van der Waals surface area contributed by atoms with Gasteiger partial charge in [-0.25, -0.2) is 18.5 Å². The number of anilines is 1. The summed E-state index contributed by atoms with van der Waals surface area (Å²) in [5.41, 5.74) is 8.77. The van der Waals surface area contributed by atoms with Gasteiger partial charge in [0.2, 0.25) is 15.8 Å². The van der Waals surface area contributed by atoms with Crippen LogP contribution < -0.4 is 16.2 Å². The highest BCUT2D eigenvalue weighted by molar-refractivity contribution is 8.00. The number of fused-ring (bicyclic) bond motifs is 1. The molecule has 0 aliphatic heterocycles. The van der Waals surface area contributed by atoms with Crippen molar-refractivity contribution in [2.45, 2.75) is 46.8 Å². The molecule has 13 heteroatoms. The van der Waals surface area contributed by atoms with E-state index < -0.39 is 10.0 Å². The number of sulfonamides is 1. The number of hydrogen-bond acceptors (Lipinski definition) is 9. The Morgan fingerprint density at radius 2 is 1.91 bits per heavy atom. The molecule has 0 saturated heterocycles. The fourth-order valence-corrected chi connectivity index (χ4v) is 7.12. The highest BCUT2D eigenvalue weighted by Crippen LogP contribution is 2.44. The molecule has 4 aromatic rings. The Bertz CT molecular complexity index is 1430. The number of aromatic amines is 2. The van der Waals surface area contributed by atoms with Crippen molar-refractivity contribution in [2.24, 2.45) is 5.14 Å². The number of para-hydroxylation sites is 1. The Hall–Kier alpha value is -3.00. The molecule has 7 N–H and O–H groups in total. The Morgan fingerprint density at radius 1 is 1.12 bits per heavy atom. The number of imidazole rings is 1. The Balaban J connectivity index is 1.70. The molecule has 34 heavy (non-hydrogen) atoms. The van der Waals surface area contributed by atoms with Crippen molar-refractivity contribution in [3.63, 3.8) is 0 Å². The highest BCUT2D eigenvalue weighted by Gasteiger charge is 2.30. The lowest BCUT2D eigenvalue weighted by atomic mass is 9.95. The first kappa shape index (κ1) is 22.8. The van der Waals surface area contributed by atoms with Crippen molar-refractivity contribution >= 4 is 38.8 Å². The maximum Gasteiger partial charge on any atom is 0.239 e. The molecule has 1 fully saturated rings. The number of nitrogens with two attached hydrogens (primary N) is 2. The summed E-state index contributed by atoms with van der Waals surface area (Å²) in [4.78, 5) is 7.98. The first-order chi connectivity index (χ1) is 16.3. The minimum Gasteiger partial charge on any atom is -0.369 e. The number of nitrogens with one attached hydrogen (secondary N) is 3. The molecule has 1 aliphatic carbocycles. The average Bonchev–Trinajstić information content (AvgIpc) is 3.47. The van der Waals surface area contributed by atoms with Crippen LogP contribution in [0.4, 0.5) is 5.95 Å². The lowest BCUT2D eigenvalue weighted by Gasteiger charge is -2.28. The van der Waals surface area contributed by atoms with Gasteiger partial charge in [0.05, 0.1) is 16.6 Å². The molecule has 1 aliphatic rings. The molecule has 1 saturated carbocycles. The van der Waals surface area contributed by atoms with Gasteiger partial charge in [0.15, 0.2) is 5.95 Å². The van der Waals surface area contributed by atoms with Gasteiger partial charge in [0.1, 0.15) is 4.90 Å². The molecular formula is C21H25N9O2S2. The predicted molar refractivity (Wildman–Crippen MR) is 131 cm³/mol. The number of thioether (sulfide) groups is 1. The summed E-state index contributed by atoms with van der Waals surface area (Å²) >= 11 is 1.54. The number of tetrazole rings is 1. The van der Waals surface area contributed by atoms with E-state index in [9.17, 15) is 8.42 Å². The third kappa shape index (κ3) is 4.27. The van der Waals surface area contributed by atoms with E-state index in [4.69, 9.17) is 10.9 Å². The van der Waals surface area contributed by atoms with E-state index in [0.717, 1.165) is 31.2 Å². The van der Waals surface area contributed by atoms with Crippen LogP contribution >= 0.6 is 11.8 Å². The Morgan fingerprint density at radius 3 is 2.59 bits per heavy atom. The number of hydrogen-bond donors (Lipinski definition) is 5. The summed E-state index contributed by atoms with van der Waals surface area (Å²) in [7, 11) is -2.17. The average molecular weight is 500 g/mol. The molecule has 0 spiro atoms. The summed E-state index contributed by atoms with van der Waals surface area (Å²) in [5, 5.41) is 23.7. The van der Waals surface area contributed by atoms with Crippen molar-refractivity contribution in [3.05, 3.63) is 30.3 Å². The van der Waals surface area contributed by atoms with Crippen LogP contribution in [0.2, 0.25) is 0 Å². The van der Waals surface area contributed by atoms with Crippen LogP contribution in [-0.2, 0) is 10.0 Å². The van der Waals surface area contributed by atoms with Crippen LogP contribution in [0, 0.1) is 0 Å². The molecule has 0 unspecified atom stereocenters. The fourth-order valence-electron chi connectivity index (χ4n) is 4.57. The molecule has 2 aromatic carbocycles. The van der Waals surface area contributed by atoms with Gasteiger partial charge < -0.3 is 16.0 Å². The van der Waals surface area contributed by atoms with E-state index in [1.165, 1.54) is 11.8 Å². The van der Waals surface area contributed by atoms with Crippen LogP contribution in [0.5, 0.6) is 0 Å². The van der Waals surface area contributed by atoms with Gasteiger partial charge in [0.25, 0.3) is 0 Å². The van der Waals surface area contributed by atoms with Crippen molar-refractivity contribution in [1.82, 2.24) is 35.9 Å². The number of nitrogen functional groups attached to an aromatic ring is 1. The van der Waals surface area contributed by atoms with E-state index in [0.29, 0.717) is 33.1 Å². The lowest BCUT2D eigenvalue weighted by molar-refractivity contribution is 0.401. The van der Waals surface area contributed by atoms with Crippen molar-refractivity contribution in [1.29, 1.82) is 0 Å². The molecule has 0 atom stereocenters. The van der Waals surface area contributed by atoms with E-state index in [2.05, 4.69) is 35.9 Å². The first-order valence-corrected chi connectivity index (χ1v) is 13.3. The molecule has 2 heterocycles. The molecule has 2 aromatic heterocycles. The zero-order valence-electron chi connectivity index (χ0n) is 18.4. The molecule has 178 valence electrons. The number of H-pyrrole nitrogens is 2. The van der Waals surface area contributed by atoms with Gasteiger partial charge in [-0.15, -0.1) is 22.0 Å². The van der Waals surface area contributed by atoms with Crippen LogP contribution in [-0.4, -0.2) is 57.3 Å². The van der Waals surface area contributed by atoms with Crippen molar-refractivity contribution < 1.29 is 8.42 Å². The van der Waals surface area contributed by atoms with Gasteiger partial charge in [-0.1, -0.05) is 18.2 Å². The van der Waals surface area contributed by atoms with E-state index >= 15 is 0 Å². The van der Waals surface area contributed by atoms with E-state index in [-0.39, 0.29) is 21.9 Å². The van der Waals surface area contributed by atoms with E-state index in [1.807, 2.05) is 37.4 Å². The summed E-state index contributed by atoms with van der Waals surface area (Å²) in [6.45, 7) is 0. The van der Waals surface area contributed by atoms with Gasteiger partial charge in [0, 0.05) is 21.8 Å². The topological polar surface area (TPSA) is 181 Å². The van der Waals surface area contributed by atoms with Gasteiger partial charge >= 0.3 is 0 Å². The van der Waals surface area contributed by atoms with E-state index in [1.54, 1.807) is 0 Å². The summed E-state index contributed by atoms with van der Waals surface area (Å²) in [5.74, 6) is 0.403. The van der Waals surface area contributed by atoms with Crippen molar-refractivity contribution in [2.75, 3.05) is 12.8 Å². The number of nitrogens with zero attached hydrogens (tertiary/aromatic N) is 4. The van der Waals surface area contributed by atoms with Crippen LogP contribution in [0.1, 0.15) is 25.7 Å².